The Balaban J connectivity index is 0.00000363. The number of hydrogen-bond donors (Lipinski definition) is 3. The van der Waals surface area contributed by atoms with Gasteiger partial charge in [0.15, 0.2) is 0 Å². The minimum atomic E-state index is -3.59. The Bertz CT molecular complexity index is 1020. The Morgan fingerprint density at radius 3 is 2.47 bits per heavy atom. The Hall–Kier alpha value is -2.54. The van der Waals surface area contributed by atoms with Crippen molar-refractivity contribution in [2.75, 3.05) is 31.8 Å². The molecule has 1 aromatic carbocycles. The van der Waals surface area contributed by atoms with Gasteiger partial charge in [-0.15, -0.1) is 22.6 Å². The summed E-state index contributed by atoms with van der Waals surface area (Å²) in [6.07, 6.45) is 2.82. The van der Waals surface area contributed by atoms with Gasteiger partial charge >= 0.3 is 17.8 Å². The Labute approximate surface area is 192 Å². The van der Waals surface area contributed by atoms with Crippen molar-refractivity contribution in [3.8, 4) is 0 Å². The molecular weight excluding hydrogens is 462 g/mol. The number of esters is 1. The number of ether oxygens (including phenoxy) is 1. The number of rotatable bonds is 8. The van der Waals surface area contributed by atoms with Gasteiger partial charge in [-0.1, -0.05) is 12.1 Å². The summed E-state index contributed by atoms with van der Waals surface area (Å²) in [7, 11) is -2.41. The third-order valence-corrected chi connectivity index (χ3v) is 5.53. The van der Waals surface area contributed by atoms with Gasteiger partial charge in [0.2, 0.25) is 15.9 Å². The van der Waals surface area contributed by atoms with Crippen LogP contribution >= 0.6 is 12.4 Å². The molecule has 11 nitrogen and oxygen atoms in total. The van der Waals surface area contributed by atoms with Crippen LogP contribution in [0.15, 0.2) is 28.7 Å². The van der Waals surface area contributed by atoms with E-state index in [1.165, 1.54) is 7.11 Å². The quantitative estimate of drug-likeness (QED) is 0.460. The monoisotopic (exact) mass is 487 g/mol. The first-order valence-corrected chi connectivity index (χ1v) is 11.6. The molecule has 1 aromatic heterocycles. The van der Waals surface area contributed by atoms with Crippen molar-refractivity contribution in [3.63, 3.8) is 0 Å². The molecule has 0 spiro atoms. The molecule has 1 unspecified atom stereocenters. The highest BCUT2D eigenvalue weighted by Gasteiger charge is 2.24. The normalized spacial score (nSPS) is 15.4. The SMILES string of the molecule is COC(=O)C(Cc1ccc(NC(=O)c2nnc(C3CCNCC3)o2)cc1)NS(C)(=O)=O.Cl. The van der Waals surface area contributed by atoms with E-state index in [2.05, 4.69) is 30.3 Å². The van der Waals surface area contributed by atoms with Crippen LogP contribution in [0.25, 0.3) is 0 Å². The zero-order valence-corrected chi connectivity index (χ0v) is 19.3. The van der Waals surface area contributed by atoms with Crippen molar-refractivity contribution < 1.29 is 27.2 Å². The van der Waals surface area contributed by atoms with Gasteiger partial charge < -0.3 is 19.8 Å². The summed E-state index contributed by atoms with van der Waals surface area (Å²) >= 11 is 0. The smallest absolute Gasteiger partial charge is 0.324 e. The van der Waals surface area contributed by atoms with Crippen LogP contribution in [-0.2, 0) is 26.0 Å². The van der Waals surface area contributed by atoms with Crippen LogP contribution in [0.5, 0.6) is 0 Å². The lowest BCUT2D eigenvalue weighted by atomic mass is 9.98. The van der Waals surface area contributed by atoms with Gasteiger partial charge in [-0.2, -0.15) is 0 Å². The minimum Gasteiger partial charge on any atom is -0.468 e. The maximum atomic E-state index is 12.4. The van der Waals surface area contributed by atoms with Crippen LogP contribution in [0.2, 0.25) is 0 Å². The van der Waals surface area contributed by atoms with Gasteiger partial charge in [-0.05, 0) is 50.0 Å². The number of amides is 1. The van der Waals surface area contributed by atoms with E-state index < -0.39 is 27.9 Å². The number of methoxy groups -OCH3 is 1. The summed E-state index contributed by atoms with van der Waals surface area (Å²) in [5.41, 5.74) is 1.16. The molecule has 32 heavy (non-hydrogen) atoms. The summed E-state index contributed by atoms with van der Waals surface area (Å²) in [5, 5.41) is 13.8. The number of carbonyl (C=O) groups is 2. The van der Waals surface area contributed by atoms with E-state index >= 15 is 0 Å². The van der Waals surface area contributed by atoms with Crippen molar-refractivity contribution in [2.45, 2.75) is 31.2 Å². The highest BCUT2D eigenvalue weighted by Crippen LogP contribution is 2.24. The zero-order valence-electron chi connectivity index (χ0n) is 17.7. The summed E-state index contributed by atoms with van der Waals surface area (Å²) in [6, 6.07) is 5.55. The molecule has 176 valence electrons. The van der Waals surface area contributed by atoms with Crippen molar-refractivity contribution in [1.29, 1.82) is 0 Å². The minimum absolute atomic E-state index is 0. The van der Waals surface area contributed by atoms with E-state index in [4.69, 9.17) is 4.42 Å². The van der Waals surface area contributed by atoms with Crippen LogP contribution in [0.4, 0.5) is 5.69 Å². The Morgan fingerprint density at radius 2 is 1.88 bits per heavy atom. The number of halogens is 1. The molecule has 1 aliphatic heterocycles. The van der Waals surface area contributed by atoms with E-state index in [0.29, 0.717) is 17.1 Å². The molecule has 1 fully saturated rings. The van der Waals surface area contributed by atoms with E-state index in [-0.39, 0.29) is 30.6 Å². The molecule has 3 N–H and O–H groups in total. The van der Waals surface area contributed by atoms with E-state index in [1.54, 1.807) is 24.3 Å². The third kappa shape index (κ3) is 7.26. The molecule has 1 saturated heterocycles. The van der Waals surface area contributed by atoms with Crippen molar-refractivity contribution in [2.24, 2.45) is 0 Å². The van der Waals surface area contributed by atoms with E-state index in [1.807, 2.05) is 0 Å². The van der Waals surface area contributed by atoms with E-state index in [0.717, 1.165) is 32.2 Å². The van der Waals surface area contributed by atoms with Gasteiger partial charge in [-0.25, -0.2) is 13.1 Å². The summed E-state index contributed by atoms with van der Waals surface area (Å²) in [6.45, 7) is 1.74. The molecule has 0 bridgehead atoms. The number of sulfonamides is 1. The van der Waals surface area contributed by atoms with Gasteiger partial charge in [0.05, 0.1) is 13.4 Å². The highest BCUT2D eigenvalue weighted by atomic mass is 35.5. The zero-order chi connectivity index (χ0) is 22.4. The number of hydrogen-bond acceptors (Lipinski definition) is 9. The molecule has 0 aliphatic carbocycles. The predicted octanol–water partition coefficient (Wildman–Crippen LogP) is 0.844. The van der Waals surface area contributed by atoms with Crippen molar-refractivity contribution in [3.05, 3.63) is 41.6 Å². The number of benzene rings is 1. The largest absolute Gasteiger partial charge is 0.468 e. The van der Waals surface area contributed by atoms with Gasteiger partial charge in [0.25, 0.3) is 0 Å². The summed E-state index contributed by atoms with van der Waals surface area (Å²) in [4.78, 5) is 24.2. The fraction of sp³-hybridized carbons (Fsp3) is 0.474. The molecule has 1 atom stereocenters. The molecule has 0 radical (unpaired) electrons. The molecule has 13 heteroatoms. The number of nitrogens with one attached hydrogen (secondary N) is 3. The fourth-order valence-electron chi connectivity index (χ4n) is 3.28. The first-order chi connectivity index (χ1) is 14.7. The number of carbonyl (C=O) groups excluding carboxylic acids is 2. The maximum Gasteiger partial charge on any atom is 0.324 e. The molecule has 1 aliphatic rings. The van der Waals surface area contributed by atoms with Gasteiger partial charge in [-0.3, -0.25) is 9.59 Å². The number of piperidine rings is 1. The molecule has 1 amide bonds. The second-order valence-corrected chi connectivity index (χ2v) is 9.07. The standard InChI is InChI=1S/C19H25N5O6S.ClH/c1-29-19(26)15(24-31(2,27)28)11-12-3-5-14(6-4-12)21-16(25)18-23-22-17(30-18)13-7-9-20-10-8-13;/h3-6,13,15,20,24H,7-11H2,1-2H3,(H,21,25);1H. The Kier molecular flexibility index (Phi) is 9.13. The fourth-order valence-corrected chi connectivity index (χ4v) is 3.97. The average molecular weight is 488 g/mol. The van der Waals surface area contributed by atoms with Crippen LogP contribution in [0, 0.1) is 0 Å². The van der Waals surface area contributed by atoms with Crippen molar-refractivity contribution >= 4 is 40.0 Å². The van der Waals surface area contributed by atoms with Crippen LogP contribution in [0.3, 0.4) is 0 Å². The first-order valence-electron chi connectivity index (χ1n) is 9.74. The molecule has 0 saturated carbocycles. The van der Waals surface area contributed by atoms with E-state index in [9.17, 15) is 18.0 Å². The van der Waals surface area contributed by atoms with Crippen LogP contribution in [0.1, 0.15) is 40.9 Å². The lowest BCUT2D eigenvalue weighted by Crippen LogP contribution is -2.42. The highest BCUT2D eigenvalue weighted by molar-refractivity contribution is 7.88. The average Bonchev–Trinajstić information content (AvgIpc) is 3.24. The second-order valence-electron chi connectivity index (χ2n) is 7.29. The maximum absolute atomic E-state index is 12.4. The van der Waals surface area contributed by atoms with Gasteiger partial charge in [0, 0.05) is 11.6 Å². The first kappa shape index (κ1) is 25.7. The van der Waals surface area contributed by atoms with Crippen LogP contribution < -0.4 is 15.4 Å². The van der Waals surface area contributed by atoms with Crippen molar-refractivity contribution in [1.82, 2.24) is 20.2 Å². The Morgan fingerprint density at radius 1 is 1.22 bits per heavy atom. The van der Waals surface area contributed by atoms with Gasteiger partial charge in [0.1, 0.15) is 6.04 Å². The molecule has 2 aromatic rings. The topological polar surface area (TPSA) is 153 Å². The lowest BCUT2D eigenvalue weighted by Gasteiger charge is -2.18. The number of aromatic nitrogens is 2. The predicted molar refractivity (Wildman–Crippen MR) is 118 cm³/mol. The second kappa shape index (κ2) is 11.4. The summed E-state index contributed by atoms with van der Waals surface area (Å²) < 4.78 is 35.4. The third-order valence-electron chi connectivity index (χ3n) is 4.82. The number of anilines is 1. The number of nitrogens with zero attached hydrogens (tertiary/aromatic N) is 2. The molecular formula is C19H26ClN5O6S. The van der Waals surface area contributed by atoms with Crippen LogP contribution in [-0.4, -0.2) is 63.0 Å². The molecule has 2 heterocycles. The lowest BCUT2D eigenvalue weighted by molar-refractivity contribution is -0.142. The summed E-state index contributed by atoms with van der Waals surface area (Å²) in [5.74, 6) is -0.705. The molecule has 3 rings (SSSR count).